The van der Waals surface area contributed by atoms with Gasteiger partial charge < -0.3 is 15.4 Å². The zero-order valence-corrected chi connectivity index (χ0v) is 10.5. The first kappa shape index (κ1) is 13.5. The number of pyridine rings is 1. The average Bonchev–Trinajstić information content (AvgIpc) is 2.38. The molecule has 19 heavy (non-hydrogen) atoms. The standard InChI is InChI=1S/C12H15F2N3O2/c1-19-10-8(15)2-3-9(16-10)11(18)17-6-4-12(13,14)5-7-17/h2-3H,4-7,15H2,1H3. The lowest BCUT2D eigenvalue weighted by molar-refractivity contribution is -0.0495. The fraction of sp³-hybridized carbons (Fsp3) is 0.500. The molecule has 7 heteroatoms. The Kier molecular flexibility index (Phi) is 3.55. The second-order valence-electron chi connectivity index (χ2n) is 4.44. The second-order valence-corrected chi connectivity index (χ2v) is 4.44. The minimum atomic E-state index is -2.68. The fourth-order valence-electron chi connectivity index (χ4n) is 1.93. The van der Waals surface area contributed by atoms with Crippen LogP contribution in [0.4, 0.5) is 14.5 Å². The fourth-order valence-corrected chi connectivity index (χ4v) is 1.93. The number of nitrogens with zero attached hydrogens (tertiary/aromatic N) is 2. The lowest BCUT2D eigenvalue weighted by atomic mass is 10.1. The quantitative estimate of drug-likeness (QED) is 0.886. The molecule has 0 aliphatic carbocycles. The van der Waals surface area contributed by atoms with Gasteiger partial charge in [-0.05, 0) is 12.1 Å². The molecule has 1 aromatic heterocycles. The van der Waals surface area contributed by atoms with Crippen molar-refractivity contribution in [1.29, 1.82) is 0 Å². The van der Waals surface area contributed by atoms with Crippen LogP contribution in [0.2, 0.25) is 0 Å². The zero-order chi connectivity index (χ0) is 14.0. The topological polar surface area (TPSA) is 68.5 Å². The Morgan fingerprint density at radius 2 is 2.05 bits per heavy atom. The molecule has 0 aromatic carbocycles. The van der Waals surface area contributed by atoms with Gasteiger partial charge in [0.15, 0.2) is 0 Å². The highest BCUT2D eigenvalue weighted by molar-refractivity contribution is 5.92. The van der Waals surface area contributed by atoms with Gasteiger partial charge in [-0.1, -0.05) is 0 Å². The van der Waals surface area contributed by atoms with E-state index < -0.39 is 5.92 Å². The van der Waals surface area contributed by atoms with Crippen LogP contribution in [0, 0.1) is 0 Å². The summed E-state index contributed by atoms with van der Waals surface area (Å²) in [6.45, 7) is 0.0560. The lowest BCUT2D eigenvalue weighted by Crippen LogP contribution is -2.43. The minimum absolute atomic E-state index is 0.0280. The smallest absolute Gasteiger partial charge is 0.272 e. The van der Waals surface area contributed by atoms with Crippen molar-refractivity contribution in [2.24, 2.45) is 0 Å². The third kappa shape index (κ3) is 2.91. The summed E-state index contributed by atoms with van der Waals surface area (Å²) in [6.07, 6.45) is -0.629. The number of carbonyl (C=O) groups excluding carboxylic acids is 1. The van der Waals surface area contributed by atoms with Crippen LogP contribution in [0.3, 0.4) is 0 Å². The van der Waals surface area contributed by atoms with Gasteiger partial charge in [-0.15, -0.1) is 0 Å². The number of likely N-dealkylation sites (tertiary alicyclic amines) is 1. The zero-order valence-electron chi connectivity index (χ0n) is 10.5. The van der Waals surface area contributed by atoms with Crippen LogP contribution in [0.1, 0.15) is 23.3 Å². The Hall–Kier alpha value is -1.92. The molecule has 1 aromatic rings. The van der Waals surface area contributed by atoms with Gasteiger partial charge in [-0.25, -0.2) is 13.8 Å². The number of hydrogen-bond acceptors (Lipinski definition) is 4. The van der Waals surface area contributed by atoms with Gasteiger partial charge in [-0.3, -0.25) is 4.79 Å². The molecule has 0 atom stereocenters. The highest BCUT2D eigenvalue weighted by Gasteiger charge is 2.36. The van der Waals surface area contributed by atoms with Crippen LogP contribution in [0.15, 0.2) is 12.1 Å². The first-order valence-electron chi connectivity index (χ1n) is 5.90. The highest BCUT2D eigenvalue weighted by Crippen LogP contribution is 2.28. The van der Waals surface area contributed by atoms with E-state index >= 15 is 0 Å². The minimum Gasteiger partial charge on any atom is -0.480 e. The summed E-state index contributed by atoms with van der Waals surface area (Å²) in [4.78, 5) is 17.5. The van der Waals surface area contributed by atoms with Gasteiger partial charge in [0.1, 0.15) is 5.69 Å². The highest BCUT2D eigenvalue weighted by atomic mass is 19.3. The molecule has 0 bridgehead atoms. The Bertz CT molecular complexity index is 484. The maximum Gasteiger partial charge on any atom is 0.272 e. The molecule has 2 rings (SSSR count). The predicted molar refractivity (Wildman–Crippen MR) is 65.3 cm³/mol. The van der Waals surface area contributed by atoms with E-state index in [1.807, 2.05) is 0 Å². The van der Waals surface area contributed by atoms with Crippen molar-refractivity contribution in [3.05, 3.63) is 17.8 Å². The Labute approximate surface area is 109 Å². The number of nitrogens with two attached hydrogens (primary N) is 1. The number of aromatic nitrogens is 1. The first-order valence-corrected chi connectivity index (χ1v) is 5.90. The van der Waals surface area contributed by atoms with Gasteiger partial charge in [0, 0.05) is 25.9 Å². The molecule has 0 saturated carbocycles. The largest absolute Gasteiger partial charge is 0.480 e. The van der Waals surface area contributed by atoms with E-state index in [2.05, 4.69) is 4.98 Å². The molecule has 1 amide bonds. The van der Waals surface area contributed by atoms with Crippen molar-refractivity contribution >= 4 is 11.6 Å². The van der Waals surface area contributed by atoms with Crippen molar-refractivity contribution in [2.45, 2.75) is 18.8 Å². The summed E-state index contributed by atoms with van der Waals surface area (Å²) in [6, 6.07) is 2.98. The van der Waals surface area contributed by atoms with Crippen LogP contribution in [0.25, 0.3) is 0 Å². The predicted octanol–water partition coefficient (Wildman–Crippen LogP) is 1.54. The van der Waals surface area contributed by atoms with Gasteiger partial charge in [0.05, 0.1) is 12.8 Å². The third-order valence-corrected chi connectivity index (χ3v) is 3.08. The number of methoxy groups -OCH3 is 1. The summed E-state index contributed by atoms with van der Waals surface area (Å²) in [5.41, 5.74) is 6.08. The molecular weight excluding hydrogens is 256 g/mol. The molecule has 104 valence electrons. The Balaban J connectivity index is 2.12. The molecule has 1 fully saturated rings. The number of nitrogen functional groups attached to an aromatic ring is 1. The van der Waals surface area contributed by atoms with Crippen LogP contribution in [-0.4, -0.2) is 41.9 Å². The van der Waals surface area contributed by atoms with E-state index in [1.165, 1.54) is 24.1 Å². The second kappa shape index (κ2) is 4.99. The van der Waals surface area contributed by atoms with Crippen molar-refractivity contribution < 1.29 is 18.3 Å². The van der Waals surface area contributed by atoms with E-state index in [1.54, 1.807) is 0 Å². The van der Waals surface area contributed by atoms with Crippen LogP contribution < -0.4 is 10.5 Å². The maximum atomic E-state index is 13.0. The van der Waals surface area contributed by atoms with Crippen LogP contribution in [-0.2, 0) is 0 Å². The number of alkyl halides is 2. The molecule has 2 N–H and O–H groups in total. The normalized spacial score (nSPS) is 18.2. The molecule has 5 nitrogen and oxygen atoms in total. The summed E-state index contributed by atoms with van der Waals surface area (Å²) in [5, 5.41) is 0. The lowest BCUT2D eigenvalue weighted by Gasteiger charge is -2.31. The molecule has 1 aliphatic heterocycles. The van der Waals surface area contributed by atoms with Crippen molar-refractivity contribution in [3.63, 3.8) is 0 Å². The summed E-state index contributed by atoms with van der Waals surface area (Å²) in [7, 11) is 1.40. The molecule has 0 unspecified atom stereocenters. The number of piperidine rings is 1. The number of rotatable bonds is 2. The molecule has 2 heterocycles. The third-order valence-electron chi connectivity index (χ3n) is 3.08. The van der Waals surface area contributed by atoms with Gasteiger partial charge in [-0.2, -0.15) is 0 Å². The summed E-state index contributed by atoms with van der Waals surface area (Å²) in [5.74, 6) is -2.90. The number of carbonyl (C=O) groups is 1. The first-order chi connectivity index (χ1) is 8.93. The number of ether oxygens (including phenoxy) is 1. The van der Waals surface area contributed by atoms with Gasteiger partial charge >= 0.3 is 0 Å². The molecular formula is C12H15F2N3O2. The average molecular weight is 271 g/mol. The van der Waals surface area contributed by atoms with Crippen LogP contribution >= 0.6 is 0 Å². The molecule has 0 radical (unpaired) electrons. The van der Waals surface area contributed by atoms with E-state index in [0.29, 0.717) is 5.69 Å². The number of amides is 1. The van der Waals surface area contributed by atoms with Gasteiger partial charge in [0.2, 0.25) is 5.88 Å². The van der Waals surface area contributed by atoms with E-state index in [0.717, 1.165) is 0 Å². The Morgan fingerprint density at radius 3 is 2.63 bits per heavy atom. The van der Waals surface area contributed by atoms with Crippen molar-refractivity contribution in [3.8, 4) is 5.88 Å². The van der Waals surface area contributed by atoms with E-state index in [9.17, 15) is 13.6 Å². The Morgan fingerprint density at radius 1 is 1.42 bits per heavy atom. The molecule has 1 saturated heterocycles. The number of hydrogen-bond donors (Lipinski definition) is 1. The van der Waals surface area contributed by atoms with E-state index in [-0.39, 0.29) is 43.4 Å². The SMILES string of the molecule is COc1nc(C(=O)N2CCC(F)(F)CC2)ccc1N. The molecule has 0 spiro atoms. The van der Waals surface area contributed by atoms with Crippen LogP contribution in [0.5, 0.6) is 5.88 Å². The summed E-state index contributed by atoms with van der Waals surface area (Å²) < 4.78 is 31.0. The van der Waals surface area contributed by atoms with E-state index in [4.69, 9.17) is 10.5 Å². The van der Waals surface area contributed by atoms with Gasteiger partial charge in [0.25, 0.3) is 11.8 Å². The molecule has 1 aliphatic rings. The van der Waals surface area contributed by atoms with Crippen molar-refractivity contribution in [2.75, 3.05) is 25.9 Å². The maximum absolute atomic E-state index is 13.0. The van der Waals surface area contributed by atoms with Crippen molar-refractivity contribution in [1.82, 2.24) is 9.88 Å². The monoisotopic (exact) mass is 271 g/mol. The number of anilines is 1. The summed E-state index contributed by atoms with van der Waals surface area (Å²) >= 11 is 0. The number of halogens is 2.